The summed E-state index contributed by atoms with van der Waals surface area (Å²) in [4.78, 5) is 24.3. The summed E-state index contributed by atoms with van der Waals surface area (Å²) in [5, 5.41) is 17.8. The van der Waals surface area contributed by atoms with E-state index in [9.17, 15) is 9.59 Å². The summed E-state index contributed by atoms with van der Waals surface area (Å²) in [6, 6.07) is 2.94. The van der Waals surface area contributed by atoms with Gasteiger partial charge in [0.2, 0.25) is 0 Å². The van der Waals surface area contributed by atoms with Gasteiger partial charge in [0.15, 0.2) is 0 Å². The van der Waals surface area contributed by atoms with E-state index in [0.717, 1.165) is 6.07 Å². The number of carboxylic acid groups (broad SMARTS) is 1. The first-order valence-corrected chi connectivity index (χ1v) is 5.12. The number of hydrogen-bond donors (Lipinski definition) is 2. The van der Waals surface area contributed by atoms with Crippen LogP contribution in [0.1, 0.15) is 22.8 Å². The van der Waals surface area contributed by atoms with Crippen molar-refractivity contribution in [2.45, 2.75) is 11.9 Å². The number of pyridine rings is 1. The van der Waals surface area contributed by atoms with E-state index < -0.39 is 17.1 Å². The highest BCUT2D eigenvalue weighted by atomic mass is 32.2. The van der Waals surface area contributed by atoms with E-state index in [2.05, 4.69) is 4.98 Å². The summed E-state index contributed by atoms with van der Waals surface area (Å²) in [5.74, 6) is -0.641. The molecule has 0 spiro atoms. The second-order valence-electron chi connectivity index (χ2n) is 2.60. The monoisotopic (exact) mass is 224 g/mol. The van der Waals surface area contributed by atoms with Gasteiger partial charge in [-0.15, -0.1) is 11.8 Å². The maximum absolute atomic E-state index is 11.3. The molecule has 0 unspecified atom stereocenters. The van der Waals surface area contributed by atoms with Gasteiger partial charge in [0.1, 0.15) is 11.6 Å². The summed E-state index contributed by atoms with van der Waals surface area (Å²) in [6.45, 7) is 1.87. The Balaban J connectivity index is 3.37. The molecule has 0 fully saturated rings. The van der Waals surface area contributed by atoms with Gasteiger partial charge in [-0.1, -0.05) is 6.92 Å². The Morgan fingerprint density at radius 2 is 2.40 bits per heavy atom. The quantitative estimate of drug-likeness (QED) is 0.748. The minimum Gasteiger partial charge on any atom is -0.477 e. The molecule has 6 heteroatoms. The number of carboxylic acids is 1. The molecule has 1 aromatic heterocycles. The Labute approximate surface area is 89.7 Å². The van der Waals surface area contributed by atoms with Crippen molar-refractivity contribution in [2.75, 3.05) is 5.75 Å². The van der Waals surface area contributed by atoms with E-state index in [1.165, 1.54) is 11.8 Å². The van der Waals surface area contributed by atoms with Crippen LogP contribution in [0.4, 0.5) is 0 Å². The lowest BCUT2D eigenvalue weighted by Gasteiger charge is -2.02. The highest BCUT2D eigenvalue weighted by Gasteiger charge is 2.13. The molecule has 0 radical (unpaired) electrons. The van der Waals surface area contributed by atoms with Crippen molar-refractivity contribution >= 4 is 17.7 Å². The Bertz CT molecular complexity index is 487. The average molecular weight is 224 g/mol. The maximum atomic E-state index is 11.3. The van der Waals surface area contributed by atoms with Crippen LogP contribution in [0, 0.1) is 11.3 Å². The molecule has 0 aromatic carbocycles. The highest BCUT2D eigenvalue weighted by Crippen LogP contribution is 2.18. The number of hydrogen-bond acceptors (Lipinski definition) is 4. The van der Waals surface area contributed by atoms with Crippen LogP contribution in [0.3, 0.4) is 0 Å². The van der Waals surface area contributed by atoms with E-state index in [0.29, 0.717) is 10.8 Å². The van der Waals surface area contributed by atoms with Crippen LogP contribution in [0.5, 0.6) is 0 Å². The van der Waals surface area contributed by atoms with E-state index >= 15 is 0 Å². The van der Waals surface area contributed by atoms with Gasteiger partial charge in [-0.05, 0) is 11.8 Å². The van der Waals surface area contributed by atoms with Crippen molar-refractivity contribution < 1.29 is 9.90 Å². The Morgan fingerprint density at radius 3 is 2.87 bits per heavy atom. The molecule has 0 aliphatic heterocycles. The fourth-order valence-electron chi connectivity index (χ4n) is 1.01. The van der Waals surface area contributed by atoms with Crippen LogP contribution in [-0.4, -0.2) is 21.8 Å². The highest BCUT2D eigenvalue weighted by molar-refractivity contribution is 7.99. The number of thioether (sulfide) groups is 1. The number of nitrogens with one attached hydrogen (secondary N) is 1. The molecule has 0 bridgehead atoms. The van der Waals surface area contributed by atoms with Crippen molar-refractivity contribution in [3.8, 4) is 6.07 Å². The summed E-state index contributed by atoms with van der Waals surface area (Å²) in [6.07, 6.45) is 0. The number of nitriles is 1. The lowest BCUT2D eigenvalue weighted by Crippen LogP contribution is -2.18. The molecule has 0 amide bonds. The fraction of sp³-hybridized carbons (Fsp3) is 0.222. The molecule has 5 nitrogen and oxygen atoms in total. The van der Waals surface area contributed by atoms with Gasteiger partial charge in [-0.3, -0.25) is 4.79 Å². The first-order chi connectivity index (χ1) is 7.10. The number of aromatic carboxylic acids is 1. The third-order valence-electron chi connectivity index (χ3n) is 1.64. The van der Waals surface area contributed by atoms with Crippen molar-refractivity contribution in [1.29, 1.82) is 5.26 Å². The first-order valence-electron chi connectivity index (χ1n) is 4.13. The van der Waals surface area contributed by atoms with E-state index in [1.54, 1.807) is 0 Å². The number of aromatic amines is 1. The van der Waals surface area contributed by atoms with Crippen molar-refractivity contribution in [2.24, 2.45) is 0 Å². The van der Waals surface area contributed by atoms with Gasteiger partial charge in [0, 0.05) is 0 Å². The van der Waals surface area contributed by atoms with E-state index in [1.807, 2.05) is 13.0 Å². The molecule has 1 rings (SSSR count). The predicted molar refractivity (Wildman–Crippen MR) is 55.1 cm³/mol. The molecule has 0 saturated heterocycles. The third-order valence-corrected chi connectivity index (χ3v) is 2.54. The topological polar surface area (TPSA) is 93.9 Å². The molecule has 78 valence electrons. The summed E-state index contributed by atoms with van der Waals surface area (Å²) < 4.78 is 0. The normalized spacial score (nSPS) is 9.60. The lowest BCUT2D eigenvalue weighted by atomic mass is 10.2. The number of rotatable bonds is 3. The Morgan fingerprint density at radius 1 is 1.73 bits per heavy atom. The maximum Gasteiger partial charge on any atom is 0.341 e. The third kappa shape index (κ3) is 2.39. The smallest absolute Gasteiger partial charge is 0.341 e. The standard InChI is InChI=1S/C9H8N2O3S/c1-2-15-8-5(4-10)3-6(9(13)14)7(12)11-8/h3H,2H2,1H3,(H,11,12)(H,13,14). The van der Waals surface area contributed by atoms with Crippen LogP contribution in [0.2, 0.25) is 0 Å². The molecule has 1 aromatic rings. The van der Waals surface area contributed by atoms with Crippen LogP contribution in [0.15, 0.2) is 15.9 Å². The minimum atomic E-state index is -1.33. The number of H-pyrrole nitrogens is 1. The zero-order valence-corrected chi connectivity index (χ0v) is 8.72. The number of aromatic nitrogens is 1. The van der Waals surface area contributed by atoms with Crippen LogP contribution in [0.25, 0.3) is 0 Å². The Hall–Kier alpha value is -1.74. The molecular weight excluding hydrogens is 216 g/mol. The van der Waals surface area contributed by atoms with Crippen molar-refractivity contribution in [1.82, 2.24) is 4.98 Å². The van der Waals surface area contributed by atoms with Gasteiger partial charge in [0.05, 0.1) is 10.6 Å². The van der Waals surface area contributed by atoms with Gasteiger partial charge >= 0.3 is 5.97 Å². The number of nitrogens with zero attached hydrogens (tertiary/aromatic N) is 1. The van der Waals surface area contributed by atoms with Crippen LogP contribution < -0.4 is 5.56 Å². The second kappa shape index (κ2) is 4.66. The van der Waals surface area contributed by atoms with E-state index in [4.69, 9.17) is 10.4 Å². The zero-order valence-electron chi connectivity index (χ0n) is 7.90. The van der Waals surface area contributed by atoms with Gasteiger partial charge in [0.25, 0.3) is 5.56 Å². The molecule has 2 N–H and O–H groups in total. The Kier molecular flexibility index (Phi) is 3.52. The molecular formula is C9H8N2O3S. The van der Waals surface area contributed by atoms with E-state index in [-0.39, 0.29) is 5.56 Å². The van der Waals surface area contributed by atoms with Gasteiger partial charge < -0.3 is 10.1 Å². The predicted octanol–water partition coefficient (Wildman–Crippen LogP) is 1.06. The summed E-state index contributed by atoms with van der Waals surface area (Å²) in [7, 11) is 0. The lowest BCUT2D eigenvalue weighted by molar-refractivity contribution is 0.0694. The average Bonchev–Trinajstić information content (AvgIpc) is 2.18. The zero-order chi connectivity index (χ0) is 11.4. The number of carbonyl (C=O) groups is 1. The molecule has 0 atom stereocenters. The van der Waals surface area contributed by atoms with Crippen LogP contribution >= 0.6 is 11.8 Å². The first kappa shape index (κ1) is 11.3. The molecule has 15 heavy (non-hydrogen) atoms. The molecule has 0 saturated carbocycles. The molecule has 0 aliphatic rings. The molecule has 0 aliphatic carbocycles. The van der Waals surface area contributed by atoms with Gasteiger partial charge in [-0.25, -0.2) is 4.79 Å². The second-order valence-corrected chi connectivity index (χ2v) is 3.88. The fourth-order valence-corrected chi connectivity index (χ4v) is 1.73. The van der Waals surface area contributed by atoms with Gasteiger partial charge in [-0.2, -0.15) is 5.26 Å². The largest absolute Gasteiger partial charge is 0.477 e. The summed E-state index contributed by atoms with van der Waals surface area (Å²) >= 11 is 1.29. The van der Waals surface area contributed by atoms with Crippen molar-refractivity contribution in [3.05, 3.63) is 27.5 Å². The minimum absolute atomic E-state index is 0.179. The molecule has 1 heterocycles. The summed E-state index contributed by atoms with van der Waals surface area (Å²) in [5.41, 5.74) is -0.914. The van der Waals surface area contributed by atoms with Crippen molar-refractivity contribution in [3.63, 3.8) is 0 Å². The SMILES string of the molecule is CCSc1[nH]c(=O)c(C(=O)O)cc1C#N. The van der Waals surface area contributed by atoms with Crippen LogP contribution in [-0.2, 0) is 0 Å².